The highest BCUT2D eigenvalue weighted by Crippen LogP contribution is 2.60. The fraction of sp³-hybridized carbons (Fsp3) is 0.107. The van der Waals surface area contributed by atoms with Gasteiger partial charge in [-0.3, -0.25) is 0 Å². The second-order valence-electron chi connectivity index (χ2n) is 16.5. The number of aromatic nitrogens is 1. The van der Waals surface area contributed by atoms with E-state index in [0.29, 0.717) is 5.92 Å². The van der Waals surface area contributed by atoms with E-state index in [2.05, 4.69) is 211 Å². The third kappa shape index (κ3) is 5.07. The molecule has 59 heavy (non-hydrogen) atoms. The Bertz CT molecular complexity index is 3260. The molecule has 0 radical (unpaired) electrons. The van der Waals surface area contributed by atoms with Crippen LogP contribution in [-0.4, -0.2) is 4.57 Å². The molecule has 0 saturated heterocycles. The molecule has 7 aromatic carbocycles. The van der Waals surface area contributed by atoms with E-state index in [1.807, 2.05) is 6.07 Å². The Kier molecular flexibility index (Phi) is 7.62. The van der Waals surface area contributed by atoms with E-state index in [-0.39, 0.29) is 11.3 Å². The number of furan rings is 1. The van der Waals surface area contributed by atoms with Gasteiger partial charge in [0.15, 0.2) is 0 Å². The molecule has 3 atom stereocenters. The van der Waals surface area contributed by atoms with Gasteiger partial charge in [-0.1, -0.05) is 134 Å². The Balaban J connectivity index is 1.12. The summed E-state index contributed by atoms with van der Waals surface area (Å²) in [6, 6.07) is 57.9. The number of anilines is 3. The van der Waals surface area contributed by atoms with Crippen molar-refractivity contribution in [3.05, 3.63) is 217 Å². The number of para-hydroxylation sites is 3. The lowest BCUT2D eigenvalue weighted by atomic mass is 9.61. The van der Waals surface area contributed by atoms with Crippen LogP contribution in [0.2, 0.25) is 0 Å². The van der Waals surface area contributed by atoms with Gasteiger partial charge < -0.3 is 13.9 Å². The predicted octanol–water partition coefficient (Wildman–Crippen LogP) is 15.1. The van der Waals surface area contributed by atoms with Gasteiger partial charge in [-0.2, -0.15) is 0 Å². The zero-order valence-electron chi connectivity index (χ0n) is 32.9. The Labute approximate surface area is 344 Å². The highest BCUT2D eigenvalue weighted by molar-refractivity contribution is 6.11. The van der Waals surface area contributed by atoms with Crippen LogP contribution in [-0.2, 0) is 5.41 Å². The highest BCUT2D eigenvalue weighted by Gasteiger charge is 2.50. The monoisotopic (exact) mass is 758 g/mol. The van der Waals surface area contributed by atoms with Crippen molar-refractivity contribution in [3.63, 3.8) is 0 Å². The van der Waals surface area contributed by atoms with Crippen LogP contribution in [0.15, 0.2) is 210 Å². The Morgan fingerprint density at radius 3 is 2.14 bits per heavy atom. The average Bonchev–Trinajstić information content (AvgIpc) is 3.93. The van der Waals surface area contributed by atoms with E-state index in [1.165, 1.54) is 49.6 Å². The molecule has 3 heteroatoms. The SMILES string of the molecule is CC1C=CC(C2(C3C=CC=CC3)c3ccccc3-c3ccc(N(c4ccc5c(c4)oc4ccccc45)c4ccc5c(c4)c4ccccc4n5-c4ccccc4)cc32)=CC1. The number of hydrogen-bond donors (Lipinski definition) is 0. The maximum atomic E-state index is 6.55. The summed E-state index contributed by atoms with van der Waals surface area (Å²) in [5.41, 5.74) is 15.0. The zero-order chi connectivity index (χ0) is 39.1. The molecule has 3 nitrogen and oxygen atoms in total. The molecular formula is C56H42N2O. The number of hydrogen-bond acceptors (Lipinski definition) is 2. The van der Waals surface area contributed by atoms with Crippen LogP contribution in [0.3, 0.4) is 0 Å². The average molecular weight is 759 g/mol. The van der Waals surface area contributed by atoms with Crippen molar-refractivity contribution in [1.82, 2.24) is 4.57 Å². The lowest BCUT2D eigenvalue weighted by Crippen LogP contribution is -2.36. The van der Waals surface area contributed by atoms with Gasteiger partial charge in [0.25, 0.3) is 0 Å². The van der Waals surface area contributed by atoms with Crippen molar-refractivity contribution in [2.24, 2.45) is 11.8 Å². The second-order valence-corrected chi connectivity index (χ2v) is 16.5. The standard InChI is InChI=1S/C56H42N2O/c1-37-24-26-39(27-25-37)56(38-14-4-2-5-15-38)50-21-11-8-18-44(50)45-31-28-42(35-51(45)56)57(43-29-32-48-47-20-10-13-23-54(47)59-55(48)36-43)41-30-33-53-49(34-41)46-19-9-12-22-52(46)58(53)40-16-6-3-7-17-40/h2-14,16-24,26-38H,15,25H2,1H3. The van der Waals surface area contributed by atoms with Crippen LogP contribution in [0.25, 0.3) is 60.6 Å². The summed E-state index contributed by atoms with van der Waals surface area (Å²) in [6.45, 7) is 2.32. The van der Waals surface area contributed by atoms with Gasteiger partial charge in [-0.25, -0.2) is 0 Å². The van der Waals surface area contributed by atoms with E-state index in [4.69, 9.17) is 4.42 Å². The summed E-state index contributed by atoms with van der Waals surface area (Å²) >= 11 is 0. The zero-order valence-corrected chi connectivity index (χ0v) is 32.9. The van der Waals surface area contributed by atoms with Crippen molar-refractivity contribution >= 4 is 60.8 Å². The van der Waals surface area contributed by atoms with Crippen LogP contribution >= 0.6 is 0 Å². The van der Waals surface area contributed by atoms with Gasteiger partial charge in [0.05, 0.1) is 16.4 Å². The van der Waals surface area contributed by atoms with E-state index < -0.39 is 0 Å². The lowest BCUT2D eigenvalue weighted by molar-refractivity contribution is 0.452. The minimum Gasteiger partial charge on any atom is -0.456 e. The summed E-state index contributed by atoms with van der Waals surface area (Å²) in [5, 5.41) is 4.70. The lowest BCUT2D eigenvalue weighted by Gasteiger charge is -2.41. The van der Waals surface area contributed by atoms with Crippen molar-refractivity contribution in [2.45, 2.75) is 25.2 Å². The molecule has 12 rings (SSSR count). The molecule has 2 heterocycles. The van der Waals surface area contributed by atoms with Crippen LogP contribution in [0.1, 0.15) is 30.9 Å². The van der Waals surface area contributed by atoms with Crippen molar-refractivity contribution < 1.29 is 4.42 Å². The minimum absolute atomic E-state index is 0.260. The third-order valence-corrected chi connectivity index (χ3v) is 13.2. The first-order valence-electron chi connectivity index (χ1n) is 20.9. The molecule has 0 aliphatic heterocycles. The van der Waals surface area contributed by atoms with Crippen LogP contribution in [0, 0.1) is 11.8 Å². The van der Waals surface area contributed by atoms with E-state index in [9.17, 15) is 0 Å². The van der Waals surface area contributed by atoms with Gasteiger partial charge in [-0.15, -0.1) is 0 Å². The molecule has 0 saturated carbocycles. The maximum Gasteiger partial charge on any atom is 0.137 e. The molecule has 3 aliphatic carbocycles. The molecule has 0 N–H and O–H groups in total. The molecule has 2 aromatic heterocycles. The van der Waals surface area contributed by atoms with Crippen LogP contribution in [0.5, 0.6) is 0 Å². The molecular weight excluding hydrogens is 717 g/mol. The first kappa shape index (κ1) is 34.0. The fourth-order valence-corrected chi connectivity index (χ4v) is 10.5. The van der Waals surface area contributed by atoms with E-state index >= 15 is 0 Å². The topological polar surface area (TPSA) is 21.3 Å². The van der Waals surface area contributed by atoms with Crippen LogP contribution < -0.4 is 4.90 Å². The molecule has 0 spiro atoms. The van der Waals surface area contributed by atoms with Crippen molar-refractivity contribution in [3.8, 4) is 16.8 Å². The molecule has 0 bridgehead atoms. The van der Waals surface area contributed by atoms with Gasteiger partial charge >= 0.3 is 0 Å². The summed E-state index contributed by atoms with van der Waals surface area (Å²) in [5.74, 6) is 0.779. The number of fused-ring (bicyclic) bond motifs is 9. The van der Waals surface area contributed by atoms with Gasteiger partial charge in [0, 0.05) is 50.4 Å². The number of allylic oxidation sites excluding steroid dienone is 8. The van der Waals surface area contributed by atoms with E-state index in [1.54, 1.807) is 0 Å². The van der Waals surface area contributed by atoms with Gasteiger partial charge in [0.1, 0.15) is 11.2 Å². The smallest absolute Gasteiger partial charge is 0.137 e. The third-order valence-electron chi connectivity index (χ3n) is 13.2. The first-order valence-corrected chi connectivity index (χ1v) is 20.9. The van der Waals surface area contributed by atoms with Crippen molar-refractivity contribution in [1.29, 1.82) is 0 Å². The predicted molar refractivity (Wildman–Crippen MR) is 246 cm³/mol. The Morgan fingerprint density at radius 2 is 1.27 bits per heavy atom. The number of rotatable bonds is 6. The quantitative estimate of drug-likeness (QED) is 0.168. The van der Waals surface area contributed by atoms with Gasteiger partial charge in [-0.05, 0) is 119 Å². The normalized spacial score (nSPS) is 19.4. The largest absolute Gasteiger partial charge is 0.456 e. The van der Waals surface area contributed by atoms with Crippen molar-refractivity contribution in [2.75, 3.05) is 4.90 Å². The minimum atomic E-state index is -0.346. The summed E-state index contributed by atoms with van der Waals surface area (Å²) in [7, 11) is 0. The number of nitrogens with zero attached hydrogens (tertiary/aromatic N) is 2. The Morgan fingerprint density at radius 1 is 0.559 bits per heavy atom. The van der Waals surface area contributed by atoms with Gasteiger partial charge in [0.2, 0.25) is 0 Å². The highest BCUT2D eigenvalue weighted by atomic mass is 16.3. The van der Waals surface area contributed by atoms with Crippen LogP contribution in [0.4, 0.5) is 17.1 Å². The van der Waals surface area contributed by atoms with E-state index in [0.717, 1.165) is 57.5 Å². The first-order chi connectivity index (χ1) is 29.2. The Hall–Kier alpha value is -7.10. The fourth-order valence-electron chi connectivity index (χ4n) is 10.5. The molecule has 3 unspecified atom stereocenters. The molecule has 0 amide bonds. The molecule has 9 aromatic rings. The maximum absolute atomic E-state index is 6.55. The second kappa shape index (κ2) is 13.2. The summed E-state index contributed by atoms with van der Waals surface area (Å²) in [4.78, 5) is 2.44. The molecule has 282 valence electrons. The molecule has 3 aliphatic rings. The summed E-state index contributed by atoms with van der Waals surface area (Å²) in [6.07, 6.45) is 18.7. The number of benzene rings is 7. The molecule has 0 fully saturated rings. The summed E-state index contributed by atoms with van der Waals surface area (Å²) < 4.78 is 8.94.